The Morgan fingerprint density at radius 2 is 2.15 bits per heavy atom. The third-order valence-electron chi connectivity index (χ3n) is 3.10. The molecule has 1 unspecified atom stereocenters. The van der Waals surface area contributed by atoms with Gasteiger partial charge in [-0.3, -0.25) is 4.79 Å². The number of nitrogens with zero attached hydrogens (tertiary/aromatic N) is 1. The van der Waals surface area contributed by atoms with Crippen LogP contribution in [0.1, 0.15) is 12.0 Å². The van der Waals surface area contributed by atoms with Gasteiger partial charge in [0.05, 0.1) is 16.5 Å². The van der Waals surface area contributed by atoms with Gasteiger partial charge in [-0.25, -0.2) is 13.6 Å². The topological polar surface area (TPSA) is 80.5 Å². The molecule has 8 heteroatoms. The van der Waals surface area contributed by atoms with E-state index < -0.39 is 10.0 Å². The molecule has 110 valence electrons. The first-order chi connectivity index (χ1) is 9.17. The minimum absolute atomic E-state index is 0.148. The fourth-order valence-corrected chi connectivity index (χ4v) is 4.55. The maximum Gasteiger partial charge on any atom is 0.227 e. The molecule has 0 radical (unpaired) electrons. The van der Waals surface area contributed by atoms with Crippen LogP contribution in [0.5, 0.6) is 0 Å². The van der Waals surface area contributed by atoms with Crippen LogP contribution in [0, 0.1) is 12.8 Å². The summed E-state index contributed by atoms with van der Waals surface area (Å²) in [6.45, 7) is 2.20. The van der Waals surface area contributed by atoms with Crippen LogP contribution >= 0.6 is 27.5 Å². The Balaban J connectivity index is 2.29. The average Bonchev–Trinajstić information content (AvgIpc) is 2.55. The van der Waals surface area contributed by atoms with Crippen molar-refractivity contribution in [1.82, 2.24) is 0 Å². The Bertz CT molecular complexity index is 640. The molecular weight excluding hydrogens is 368 g/mol. The zero-order valence-electron chi connectivity index (χ0n) is 10.8. The Labute approximate surface area is 131 Å². The summed E-state index contributed by atoms with van der Waals surface area (Å²) in [6.07, 6.45) is 0.160. The minimum Gasteiger partial charge on any atom is -0.310 e. The second-order valence-electron chi connectivity index (χ2n) is 4.98. The van der Waals surface area contributed by atoms with Gasteiger partial charge in [-0.1, -0.05) is 11.6 Å². The van der Waals surface area contributed by atoms with E-state index in [0.717, 1.165) is 5.56 Å². The molecule has 1 atom stereocenters. The molecule has 1 fully saturated rings. The maximum atomic E-state index is 12.1. The van der Waals surface area contributed by atoms with Gasteiger partial charge in [0.2, 0.25) is 15.9 Å². The van der Waals surface area contributed by atoms with E-state index in [1.807, 2.05) is 13.0 Å². The lowest BCUT2D eigenvalue weighted by molar-refractivity contribution is -0.117. The number of benzene rings is 1. The van der Waals surface area contributed by atoms with Gasteiger partial charge >= 0.3 is 0 Å². The van der Waals surface area contributed by atoms with E-state index in [-0.39, 0.29) is 24.0 Å². The molecule has 20 heavy (non-hydrogen) atoms. The first kappa shape index (κ1) is 15.8. The molecule has 1 heterocycles. The highest BCUT2D eigenvalue weighted by atomic mass is 79.9. The van der Waals surface area contributed by atoms with Crippen molar-refractivity contribution < 1.29 is 13.2 Å². The van der Waals surface area contributed by atoms with E-state index in [4.69, 9.17) is 16.7 Å². The zero-order valence-corrected chi connectivity index (χ0v) is 13.9. The van der Waals surface area contributed by atoms with Gasteiger partial charge in [0.15, 0.2) is 0 Å². The number of hydrogen-bond acceptors (Lipinski definition) is 3. The number of nitrogens with two attached hydrogens (primary N) is 1. The lowest BCUT2D eigenvalue weighted by Gasteiger charge is -2.20. The number of amides is 1. The lowest BCUT2D eigenvalue weighted by atomic mass is 10.1. The molecule has 1 aromatic carbocycles. The number of hydrogen-bond donors (Lipinski definition) is 1. The Morgan fingerprint density at radius 3 is 2.70 bits per heavy atom. The lowest BCUT2D eigenvalue weighted by Crippen LogP contribution is -2.28. The van der Waals surface area contributed by atoms with Gasteiger partial charge in [-0.05, 0) is 40.5 Å². The maximum absolute atomic E-state index is 12.1. The summed E-state index contributed by atoms with van der Waals surface area (Å²) >= 11 is 9.59. The number of rotatable bonds is 3. The zero-order chi connectivity index (χ0) is 15.1. The molecule has 1 amide bonds. The van der Waals surface area contributed by atoms with Gasteiger partial charge in [-0.2, -0.15) is 0 Å². The number of carbonyl (C=O) groups excluding carboxylic acids is 1. The van der Waals surface area contributed by atoms with Gasteiger partial charge in [0, 0.05) is 23.4 Å². The van der Waals surface area contributed by atoms with Crippen molar-refractivity contribution in [3.63, 3.8) is 0 Å². The fraction of sp³-hybridized carbons (Fsp3) is 0.417. The second kappa shape index (κ2) is 5.63. The van der Waals surface area contributed by atoms with Crippen LogP contribution in [0.3, 0.4) is 0 Å². The van der Waals surface area contributed by atoms with Crippen molar-refractivity contribution in [2.45, 2.75) is 13.3 Å². The quantitative estimate of drug-likeness (QED) is 0.870. The number of halogens is 2. The highest BCUT2D eigenvalue weighted by Crippen LogP contribution is 2.38. The van der Waals surface area contributed by atoms with Crippen LogP contribution in [0.15, 0.2) is 16.6 Å². The summed E-state index contributed by atoms with van der Waals surface area (Å²) in [6, 6.07) is 3.63. The number of sulfonamides is 1. The van der Waals surface area contributed by atoms with Crippen LogP contribution in [0.25, 0.3) is 0 Å². The summed E-state index contributed by atoms with van der Waals surface area (Å²) in [5.74, 6) is -0.650. The fourth-order valence-electron chi connectivity index (χ4n) is 2.39. The van der Waals surface area contributed by atoms with E-state index in [0.29, 0.717) is 21.7 Å². The molecule has 2 rings (SSSR count). The molecule has 0 aliphatic carbocycles. The van der Waals surface area contributed by atoms with Gasteiger partial charge in [-0.15, -0.1) is 0 Å². The molecule has 1 aliphatic heterocycles. The largest absolute Gasteiger partial charge is 0.310 e. The van der Waals surface area contributed by atoms with Gasteiger partial charge < -0.3 is 4.90 Å². The molecule has 2 N–H and O–H groups in total. The Hall–Kier alpha value is -0.630. The molecule has 0 aromatic heterocycles. The average molecular weight is 382 g/mol. The summed E-state index contributed by atoms with van der Waals surface area (Å²) in [7, 11) is -3.59. The number of anilines is 1. The van der Waals surface area contributed by atoms with Gasteiger partial charge in [0.25, 0.3) is 0 Å². The molecule has 5 nitrogen and oxygen atoms in total. The van der Waals surface area contributed by atoms with Gasteiger partial charge in [0.1, 0.15) is 0 Å². The number of aryl methyl sites for hydroxylation is 1. The molecule has 0 saturated carbocycles. The van der Waals surface area contributed by atoms with E-state index >= 15 is 0 Å². The van der Waals surface area contributed by atoms with Crippen LogP contribution in [0.4, 0.5) is 5.69 Å². The van der Waals surface area contributed by atoms with E-state index in [1.165, 1.54) is 4.90 Å². The summed E-state index contributed by atoms with van der Waals surface area (Å²) in [5, 5.41) is 5.49. The summed E-state index contributed by atoms with van der Waals surface area (Å²) in [4.78, 5) is 13.6. The minimum atomic E-state index is -3.59. The molecule has 1 aliphatic rings. The third-order valence-corrected chi connectivity index (χ3v) is 4.93. The molecule has 0 spiro atoms. The Kier molecular flexibility index (Phi) is 4.44. The number of primary sulfonamides is 1. The Morgan fingerprint density at radius 1 is 1.50 bits per heavy atom. The normalized spacial score (nSPS) is 19.7. The van der Waals surface area contributed by atoms with Crippen molar-refractivity contribution in [1.29, 1.82) is 0 Å². The smallest absolute Gasteiger partial charge is 0.227 e. The van der Waals surface area contributed by atoms with Crippen molar-refractivity contribution in [3.05, 3.63) is 27.2 Å². The van der Waals surface area contributed by atoms with Crippen molar-refractivity contribution in [3.8, 4) is 0 Å². The van der Waals surface area contributed by atoms with Crippen molar-refractivity contribution >= 4 is 49.1 Å². The van der Waals surface area contributed by atoms with Crippen LogP contribution in [-0.2, 0) is 14.8 Å². The molecular formula is C12H14BrClN2O3S. The molecule has 0 bridgehead atoms. The molecule has 1 saturated heterocycles. The van der Waals surface area contributed by atoms with E-state index in [2.05, 4.69) is 15.9 Å². The predicted octanol–water partition coefficient (Wildman–Crippen LogP) is 2.05. The predicted molar refractivity (Wildman–Crippen MR) is 82.3 cm³/mol. The monoisotopic (exact) mass is 380 g/mol. The first-order valence-electron chi connectivity index (χ1n) is 5.94. The van der Waals surface area contributed by atoms with E-state index in [9.17, 15) is 13.2 Å². The first-order valence-corrected chi connectivity index (χ1v) is 8.82. The van der Waals surface area contributed by atoms with Crippen molar-refractivity contribution in [2.24, 2.45) is 11.1 Å². The highest BCUT2D eigenvalue weighted by molar-refractivity contribution is 9.10. The van der Waals surface area contributed by atoms with Crippen LogP contribution in [-0.4, -0.2) is 26.6 Å². The third kappa shape index (κ3) is 3.52. The number of carbonyl (C=O) groups is 1. The van der Waals surface area contributed by atoms with Crippen molar-refractivity contribution in [2.75, 3.05) is 17.2 Å². The van der Waals surface area contributed by atoms with Crippen LogP contribution < -0.4 is 10.0 Å². The SMILES string of the molecule is Cc1cc(Cl)c(N2CC(CS(N)(=O)=O)CC2=O)c(Br)c1. The standard InChI is InChI=1S/C12H14BrClN2O3S/c1-7-2-9(13)12(10(14)3-7)16-5-8(4-11(16)17)6-20(15,18)19/h2-3,8H,4-6H2,1H3,(H2,15,18,19). The summed E-state index contributed by atoms with van der Waals surface area (Å²) in [5.41, 5.74) is 1.55. The van der Waals surface area contributed by atoms with Crippen LogP contribution in [0.2, 0.25) is 5.02 Å². The van der Waals surface area contributed by atoms with E-state index in [1.54, 1.807) is 6.07 Å². The summed E-state index contributed by atoms with van der Waals surface area (Å²) < 4.78 is 23.0. The second-order valence-corrected chi connectivity index (χ2v) is 7.90. The molecule has 1 aromatic rings. The highest BCUT2D eigenvalue weighted by Gasteiger charge is 2.34.